The maximum Gasteiger partial charge on any atom is 0.416 e. The summed E-state index contributed by atoms with van der Waals surface area (Å²) in [5.74, 6) is 0.913. The molecule has 1 N–H and O–H groups in total. The molecule has 4 nitrogen and oxygen atoms in total. The van der Waals surface area contributed by atoms with Crippen molar-refractivity contribution in [3.63, 3.8) is 0 Å². The summed E-state index contributed by atoms with van der Waals surface area (Å²) in [6.07, 6.45) is -4.44. The van der Waals surface area contributed by atoms with Gasteiger partial charge in [0.25, 0.3) is 0 Å². The molecule has 1 heterocycles. The van der Waals surface area contributed by atoms with E-state index >= 15 is 0 Å². The van der Waals surface area contributed by atoms with Crippen LogP contribution in [0.4, 0.5) is 30.6 Å². The molecule has 0 saturated heterocycles. The monoisotopic (exact) mass is 358 g/mol. The van der Waals surface area contributed by atoms with E-state index in [-0.39, 0.29) is 10.7 Å². The summed E-state index contributed by atoms with van der Waals surface area (Å²) >= 11 is 6.01. The quantitative estimate of drug-likeness (QED) is 0.812. The average Bonchev–Trinajstić information content (AvgIpc) is 2.49. The normalized spacial score (nSPS) is 11.5. The minimum atomic E-state index is -4.44. The van der Waals surface area contributed by atoms with Gasteiger partial charge in [-0.15, -0.1) is 0 Å². The van der Waals surface area contributed by atoms with Crippen molar-refractivity contribution >= 4 is 29.1 Å². The second-order valence-electron chi connectivity index (χ2n) is 5.18. The van der Waals surface area contributed by atoms with E-state index in [1.165, 1.54) is 6.07 Å². The molecule has 0 unspecified atom stereocenters. The van der Waals surface area contributed by atoms with Gasteiger partial charge in [-0.1, -0.05) is 11.6 Å². The van der Waals surface area contributed by atoms with E-state index in [1.54, 1.807) is 13.0 Å². The van der Waals surface area contributed by atoms with Crippen LogP contribution in [0.25, 0.3) is 0 Å². The first-order chi connectivity index (χ1) is 11.2. The molecular weight excluding hydrogens is 341 g/mol. The van der Waals surface area contributed by atoms with Crippen LogP contribution in [-0.2, 0) is 6.18 Å². The molecule has 0 aliphatic rings. The Morgan fingerprint density at radius 2 is 1.79 bits per heavy atom. The van der Waals surface area contributed by atoms with Gasteiger partial charge in [-0.05, 0) is 39.0 Å². The van der Waals surface area contributed by atoms with E-state index < -0.39 is 11.7 Å². The number of rotatable bonds is 5. The van der Waals surface area contributed by atoms with Crippen LogP contribution >= 0.6 is 11.6 Å². The van der Waals surface area contributed by atoms with Crippen molar-refractivity contribution in [3.8, 4) is 0 Å². The molecule has 0 atom stereocenters. The van der Waals surface area contributed by atoms with Gasteiger partial charge >= 0.3 is 6.18 Å². The average molecular weight is 359 g/mol. The highest BCUT2D eigenvalue weighted by atomic mass is 35.5. The zero-order valence-electron chi connectivity index (χ0n) is 13.6. The second-order valence-corrected chi connectivity index (χ2v) is 5.59. The van der Waals surface area contributed by atoms with Gasteiger partial charge in [0.2, 0.25) is 5.95 Å². The number of hydrogen-bond donors (Lipinski definition) is 1. The van der Waals surface area contributed by atoms with Crippen LogP contribution in [0.15, 0.2) is 24.3 Å². The molecule has 0 aliphatic heterocycles. The maximum atomic E-state index is 12.9. The minimum Gasteiger partial charge on any atom is -0.341 e. The van der Waals surface area contributed by atoms with E-state index in [2.05, 4.69) is 15.3 Å². The van der Waals surface area contributed by atoms with Crippen molar-refractivity contribution in [2.45, 2.75) is 26.9 Å². The SMILES string of the molecule is CCN(CC)c1nc(C)cc(Nc2cc(C(F)(F)F)ccc2Cl)n1. The van der Waals surface area contributed by atoms with Gasteiger partial charge < -0.3 is 10.2 Å². The molecule has 0 saturated carbocycles. The van der Waals surface area contributed by atoms with Crippen molar-refractivity contribution in [2.24, 2.45) is 0 Å². The highest BCUT2D eigenvalue weighted by molar-refractivity contribution is 6.33. The van der Waals surface area contributed by atoms with Crippen molar-refractivity contribution in [1.82, 2.24) is 9.97 Å². The van der Waals surface area contributed by atoms with Crippen LogP contribution in [0.3, 0.4) is 0 Å². The smallest absolute Gasteiger partial charge is 0.341 e. The lowest BCUT2D eigenvalue weighted by Crippen LogP contribution is -2.24. The molecule has 0 bridgehead atoms. The molecule has 24 heavy (non-hydrogen) atoms. The zero-order chi connectivity index (χ0) is 17.9. The van der Waals surface area contributed by atoms with Gasteiger partial charge in [0.05, 0.1) is 16.3 Å². The molecule has 2 aromatic rings. The Hall–Kier alpha value is -2.02. The number of aryl methyl sites for hydroxylation is 1. The molecule has 0 amide bonds. The number of alkyl halides is 3. The molecule has 1 aromatic heterocycles. The summed E-state index contributed by atoms with van der Waals surface area (Å²) in [7, 11) is 0. The number of anilines is 3. The first-order valence-electron chi connectivity index (χ1n) is 7.49. The standard InChI is InChI=1S/C16H18ClF3N4/c1-4-24(5-2)15-21-10(3)8-14(23-15)22-13-9-11(16(18,19)20)6-7-12(13)17/h6-9H,4-5H2,1-3H3,(H,21,22,23). The fourth-order valence-electron chi connectivity index (χ4n) is 2.20. The van der Waals surface area contributed by atoms with Gasteiger partial charge in [0.15, 0.2) is 0 Å². The highest BCUT2D eigenvalue weighted by Gasteiger charge is 2.31. The Bertz CT molecular complexity index is 715. The molecule has 8 heteroatoms. The number of hydrogen-bond acceptors (Lipinski definition) is 4. The number of nitrogens with one attached hydrogen (secondary N) is 1. The number of nitrogens with zero attached hydrogens (tertiary/aromatic N) is 3. The van der Waals surface area contributed by atoms with Gasteiger partial charge in [-0.25, -0.2) is 4.98 Å². The topological polar surface area (TPSA) is 41.1 Å². The Kier molecular flexibility index (Phi) is 5.54. The van der Waals surface area contributed by atoms with Crippen molar-refractivity contribution in [3.05, 3.63) is 40.5 Å². The van der Waals surface area contributed by atoms with Gasteiger partial charge in [-0.2, -0.15) is 18.2 Å². The first kappa shape index (κ1) is 18.3. The van der Waals surface area contributed by atoms with Crippen molar-refractivity contribution < 1.29 is 13.2 Å². The fraction of sp³-hybridized carbons (Fsp3) is 0.375. The summed E-state index contributed by atoms with van der Waals surface area (Å²) in [5.41, 5.74) is 0.0803. The van der Waals surface area contributed by atoms with E-state index in [9.17, 15) is 13.2 Å². The van der Waals surface area contributed by atoms with E-state index in [0.29, 0.717) is 17.5 Å². The Labute approximate surface area is 143 Å². The third-order valence-corrected chi connectivity index (χ3v) is 3.77. The van der Waals surface area contributed by atoms with Crippen LogP contribution < -0.4 is 10.2 Å². The second kappa shape index (κ2) is 7.25. The fourth-order valence-corrected chi connectivity index (χ4v) is 2.36. The van der Waals surface area contributed by atoms with Crippen molar-refractivity contribution in [1.29, 1.82) is 0 Å². The molecule has 0 fully saturated rings. The Morgan fingerprint density at radius 3 is 2.38 bits per heavy atom. The predicted octanol–water partition coefficient (Wildman–Crippen LogP) is 5.05. The number of benzene rings is 1. The summed E-state index contributed by atoms with van der Waals surface area (Å²) in [6, 6.07) is 4.78. The third kappa shape index (κ3) is 4.29. The summed E-state index contributed by atoms with van der Waals surface area (Å²) in [4.78, 5) is 10.7. The molecule has 130 valence electrons. The van der Waals surface area contributed by atoms with Gasteiger partial charge in [-0.3, -0.25) is 0 Å². The maximum absolute atomic E-state index is 12.9. The first-order valence-corrected chi connectivity index (χ1v) is 7.86. The van der Waals surface area contributed by atoms with E-state index in [0.717, 1.165) is 25.2 Å². The molecule has 0 spiro atoms. The molecule has 1 aromatic carbocycles. The van der Waals surface area contributed by atoms with E-state index in [4.69, 9.17) is 11.6 Å². The molecule has 0 radical (unpaired) electrons. The lowest BCUT2D eigenvalue weighted by molar-refractivity contribution is -0.137. The predicted molar refractivity (Wildman–Crippen MR) is 90.1 cm³/mol. The lowest BCUT2D eigenvalue weighted by atomic mass is 10.2. The van der Waals surface area contributed by atoms with Crippen molar-refractivity contribution in [2.75, 3.05) is 23.3 Å². The van der Waals surface area contributed by atoms with Crippen LogP contribution in [-0.4, -0.2) is 23.1 Å². The Balaban J connectivity index is 2.38. The number of halogens is 4. The third-order valence-electron chi connectivity index (χ3n) is 3.45. The summed E-state index contributed by atoms with van der Waals surface area (Å²) in [6.45, 7) is 7.21. The van der Waals surface area contributed by atoms with Crippen LogP contribution in [0, 0.1) is 6.92 Å². The molecule has 2 rings (SSSR count). The summed E-state index contributed by atoms with van der Waals surface area (Å²) < 4.78 is 38.6. The van der Waals surface area contributed by atoms with Gasteiger partial charge in [0.1, 0.15) is 5.82 Å². The number of aromatic nitrogens is 2. The minimum absolute atomic E-state index is 0.148. The Morgan fingerprint density at radius 1 is 1.12 bits per heavy atom. The van der Waals surface area contributed by atoms with Crippen LogP contribution in [0.1, 0.15) is 25.1 Å². The zero-order valence-corrected chi connectivity index (χ0v) is 14.3. The van der Waals surface area contributed by atoms with Crippen LogP contribution in [0.5, 0.6) is 0 Å². The van der Waals surface area contributed by atoms with E-state index in [1.807, 2.05) is 18.7 Å². The lowest BCUT2D eigenvalue weighted by Gasteiger charge is -2.20. The highest BCUT2D eigenvalue weighted by Crippen LogP contribution is 2.34. The largest absolute Gasteiger partial charge is 0.416 e. The molecule has 0 aliphatic carbocycles. The molecular formula is C16H18ClF3N4. The van der Waals surface area contributed by atoms with Crippen LogP contribution in [0.2, 0.25) is 5.02 Å². The van der Waals surface area contributed by atoms with Gasteiger partial charge in [0, 0.05) is 24.8 Å². The summed E-state index contributed by atoms with van der Waals surface area (Å²) in [5, 5.41) is 3.04.